The molecule has 0 aromatic carbocycles. The molecule has 20 heavy (non-hydrogen) atoms. The van der Waals surface area contributed by atoms with Gasteiger partial charge in [-0.1, -0.05) is 0 Å². The minimum atomic E-state index is -0.338. The first-order valence-electron chi connectivity index (χ1n) is 6.80. The van der Waals surface area contributed by atoms with Gasteiger partial charge in [-0.15, -0.1) is 0 Å². The topological polar surface area (TPSA) is 99.6 Å². The predicted octanol–water partition coefficient (Wildman–Crippen LogP) is 0.870. The molecule has 0 unspecified atom stereocenters. The van der Waals surface area contributed by atoms with E-state index in [-0.39, 0.29) is 17.9 Å². The predicted molar refractivity (Wildman–Crippen MR) is 73.1 cm³/mol. The van der Waals surface area contributed by atoms with Crippen molar-refractivity contribution in [2.45, 2.75) is 31.8 Å². The lowest BCUT2D eigenvalue weighted by molar-refractivity contribution is 0.137. The van der Waals surface area contributed by atoms with Gasteiger partial charge >= 0.3 is 0 Å². The normalized spacial score (nSPS) is 25.8. The number of rotatable bonds is 4. The van der Waals surface area contributed by atoms with Gasteiger partial charge in [0.25, 0.3) is 0 Å². The van der Waals surface area contributed by atoms with Crippen molar-refractivity contribution in [3.63, 3.8) is 0 Å². The Kier molecular flexibility index (Phi) is 3.60. The second-order valence-corrected chi connectivity index (χ2v) is 5.23. The molecule has 0 radical (unpaired) electrons. The minimum Gasteiger partial charge on any atom is -0.393 e. The highest BCUT2D eigenvalue weighted by Gasteiger charge is 2.35. The number of nitrogens with zero attached hydrogens (tertiary/aromatic N) is 4. The van der Waals surface area contributed by atoms with Gasteiger partial charge in [0, 0.05) is 30.8 Å². The van der Waals surface area contributed by atoms with Crippen molar-refractivity contribution < 1.29 is 5.11 Å². The molecule has 0 spiro atoms. The van der Waals surface area contributed by atoms with E-state index in [1.54, 1.807) is 18.5 Å². The van der Waals surface area contributed by atoms with Crippen molar-refractivity contribution in [2.24, 2.45) is 5.92 Å². The summed E-state index contributed by atoms with van der Waals surface area (Å²) in [5.41, 5.74) is 0. The lowest BCUT2D eigenvalue weighted by atomic mass is 10.0. The Morgan fingerprint density at radius 1 is 1.35 bits per heavy atom. The van der Waals surface area contributed by atoms with Gasteiger partial charge in [-0.3, -0.25) is 5.10 Å². The molecule has 1 aliphatic carbocycles. The van der Waals surface area contributed by atoms with Gasteiger partial charge in [0.1, 0.15) is 5.82 Å². The maximum Gasteiger partial charge on any atom is 0.222 e. The van der Waals surface area contributed by atoms with E-state index in [4.69, 9.17) is 0 Å². The summed E-state index contributed by atoms with van der Waals surface area (Å²) in [4.78, 5) is 12.6. The minimum absolute atomic E-state index is 0.169. The smallest absolute Gasteiger partial charge is 0.222 e. The van der Waals surface area contributed by atoms with Crippen LogP contribution in [-0.4, -0.2) is 42.9 Å². The van der Waals surface area contributed by atoms with Crippen LogP contribution in [0.25, 0.3) is 0 Å². The molecule has 2 heterocycles. The van der Waals surface area contributed by atoms with Crippen molar-refractivity contribution >= 4 is 5.95 Å². The number of aryl methyl sites for hydroxylation is 1. The SMILES string of the molecule is Cc1nc([C@H]2C[C@H](CNc3ncccn3)[C@H](O)C2)n[nH]1. The zero-order valence-electron chi connectivity index (χ0n) is 11.3. The van der Waals surface area contributed by atoms with Crippen LogP contribution in [0.1, 0.15) is 30.4 Å². The Morgan fingerprint density at radius 2 is 2.15 bits per heavy atom. The molecule has 106 valence electrons. The molecule has 3 atom stereocenters. The largest absolute Gasteiger partial charge is 0.393 e. The molecule has 3 rings (SSSR count). The molecule has 0 aliphatic heterocycles. The zero-order valence-corrected chi connectivity index (χ0v) is 11.3. The summed E-state index contributed by atoms with van der Waals surface area (Å²) < 4.78 is 0. The van der Waals surface area contributed by atoms with Crippen molar-refractivity contribution in [3.8, 4) is 0 Å². The van der Waals surface area contributed by atoms with Crippen LogP contribution in [0.4, 0.5) is 5.95 Å². The molecule has 7 heteroatoms. The van der Waals surface area contributed by atoms with Crippen LogP contribution >= 0.6 is 0 Å². The number of hydrogen-bond donors (Lipinski definition) is 3. The van der Waals surface area contributed by atoms with Crippen LogP contribution in [0.2, 0.25) is 0 Å². The second kappa shape index (κ2) is 5.54. The molecule has 1 saturated carbocycles. The van der Waals surface area contributed by atoms with E-state index in [9.17, 15) is 5.11 Å². The highest BCUT2D eigenvalue weighted by Crippen LogP contribution is 2.37. The second-order valence-electron chi connectivity index (χ2n) is 5.23. The summed E-state index contributed by atoms with van der Waals surface area (Å²) in [7, 11) is 0. The van der Waals surface area contributed by atoms with E-state index in [1.807, 2.05) is 6.92 Å². The third-order valence-electron chi connectivity index (χ3n) is 3.73. The maximum absolute atomic E-state index is 10.2. The quantitative estimate of drug-likeness (QED) is 0.765. The molecule has 0 bridgehead atoms. The standard InChI is InChI=1S/C13H18N6O/c1-8-17-12(19-18-8)9-5-10(11(20)6-9)7-16-13-14-3-2-4-15-13/h2-4,9-11,20H,5-7H2,1H3,(H,14,15,16)(H,17,18,19)/t9-,10+,11+/m0/s1. The molecule has 2 aromatic rings. The van der Waals surface area contributed by atoms with E-state index in [0.29, 0.717) is 18.9 Å². The van der Waals surface area contributed by atoms with Gasteiger partial charge in [0.15, 0.2) is 5.82 Å². The summed E-state index contributed by atoms with van der Waals surface area (Å²) in [6.07, 6.45) is 4.63. The zero-order chi connectivity index (χ0) is 13.9. The van der Waals surface area contributed by atoms with Crippen molar-refractivity contribution in [1.29, 1.82) is 0 Å². The highest BCUT2D eigenvalue weighted by molar-refractivity contribution is 5.22. The molecule has 3 N–H and O–H groups in total. The Bertz CT molecular complexity index is 557. The molecule has 1 aliphatic rings. The molecule has 2 aromatic heterocycles. The van der Waals surface area contributed by atoms with Crippen molar-refractivity contribution in [2.75, 3.05) is 11.9 Å². The Balaban J connectivity index is 1.58. The number of anilines is 1. The van der Waals surface area contributed by atoms with Gasteiger partial charge in [-0.2, -0.15) is 5.10 Å². The van der Waals surface area contributed by atoms with Crippen LogP contribution in [0.5, 0.6) is 0 Å². The van der Waals surface area contributed by atoms with Gasteiger partial charge < -0.3 is 10.4 Å². The van der Waals surface area contributed by atoms with E-state index in [2.05, 4.69) is 30.5 Å². The van der Waals surface area contributed by atoms with Crippen LogP contribution in [0.15, 0.2) is 18.5 Å². The number of aliphatic hydroxyl groups is 1. The monoisotopic (exact) mass is 274 g/mol. The number of hydrogen-bond acceptors (Lipinski definition) is 6. The summed E-state index contributed by atoms with van der Waals surface area (Å²) >= 11 is 0. The number of aliphatic hydroxyl groups excluding tert-OH is 1. The average Bonchev–Trinajstić information content (AvgIpc) is 3.04. The summed E-state index contributed by atoms with van der Waals surface area (Å²) in [5.74, 6) is 2.60. The van der Waals surface area contributed by atoms with E-state index in [0.717, 1.165) is 18.1 Å². The Hall–Kier alpha value is -2.02. The number of nitrogens with one attached hydrogen (secondary N) is 2. The van der Waals surface area contributed by atoms with Gasteiger partial charge in [-0.25, -0.2) is 15.0 Å². The fourth-order valence-electron chi connectivity index (χ4n) is 2.69. The van der Waals surface area contributed by atoms with E-state index < -0.39 is 0 Å². The third kappa shape index (κ3) is 2.77. The molecular weight excluding hydrogens is 256 g/mol. The van der Waals surface area contributed by atoms with Crippen molar-refractivity contribution in [3.05, 3.63) is 30.1 Å². The van der Waals surface area contributed by atoms with E-state index >= 15 is 0 Å². The summed E-state index contributed by atoms with van der Waals surface area (Å²) in [5, 5.41) is 20.4. The first kappa shape index (κ1) is 13.0. The molecule has 0 saturated heterocycles. The first-order valence-corrected chi connectivity index (χ1v) is 6.80. The number of H-pyrrole nitrogens is 1. The maximum atomic E-state index is 10.2. The van der Waals surface area contributed by atoms with Crippen LogP contribution in [0.3, 0.4) is 0 Å². The fraction of sp³-hybridized carbons (Fsp3) is 0.538. The van der Waals surface area contributed by atoms with Crippen LogP contribution < -0.4 is 5.32 Å². The Morgan fingerprint density at radius 3 is 2.85 bits per heavy atom. The van der Waals surface area contributed by atoms with Gasteiger partial charge in [0.05, 0.1) is 6.10 Å². The lowest BCUT2D eigenvalue weighted by Gasteiger charge is -2.14. The van der Waals surface area contributed by atoms with Crippen molar-refractivity contribution in [1.82, 2.24) is 25.1 Å². The van der Waals surface area contributed by atoms with Gasteiger partial charge in [0.2, 0.25) is 5.95 Å². The third-order valence-corrected chi connectivity index (χ3v) is 3.73. The molecule has 1 fully saturated rings. The highest BCUT2D eigenvalue weighted by atomic mass is 16.3. The van der Waals surface area contributed by atoms with Crippen LogP contribution in [-0.2, 0) is 0 Å². The fourth-order valence-corrected chi connectivity index (χ4v) is 2.69. The Labute approximate surface area is 116 Å². The van der Waals surface area contributed by atoms with E-state index in [1.165, 1.54) is 0 Å². The van der Waals surface area contributed by atoms with Crippen LogP contribution in [0, 0.1) is 12.8 Å². The lowest BCUT2D eigenvalue weighted by Crippen LogP contribution is -2.22. The number of aromatic amines is 1. The summed E-state index contributed by atoms with van der Waals surface area (Å²) in [6.45, 7) is 2.54. The average molecular weight is 274 g/mol. The molecule has 0 amide bonds. The molecule has 7 nitrogen and oxygen atoms in total. The molecular formula is C13H18N6O. The van der Waals surface area contributed by atoms with Gasteiger partial charge in [-0.05, 0) is 25.8 Å². The number of aromatic nitrogens is 5. The summed E-state index contributed by atoms with van der Waals surface area (Å²) in [6, 6.07) is 1.78. The first-order chi connectivity index (χ1) is 9.72.